The summed E-state index contributed by atoms with van der Waals surface area (Å²) in [5.74, 6) is 1.14. The monoisotopic (exact) mass is 427 g/mol. The molecule has 1 N–H and O–H groups in total. The number of amides is 1. The highest BCUT2D eigenvalue weighted by Crippen LogP contribution is 2.39. The van der Waals surface area contributed by atoms with Crippen molar-refractivity contribution < 1.29 is 19.0 Å². The number of hydrogen-bond acceptors (Lipinski definition) is 6. The molecule has 31 heavy (non-hydrogen) atoms. The average molecular weight is 428 g/mol. The smallest absolute Gasteiger partial charge is 0.255 e. The molecule has 2 aromatic rings. The number of nitrogens with one attached hydrogen (secondary N) is 1. The molecule has 0 radical (unpaired) electrons. The van der Waals surface area contributed by atoms with Crippen molar-refractivity contribution in [1.29, 1.82) is 0 Å². The van der Waals surface area contributed by atoms with Gasteiger partial charge in [-0.3, -0.25) is 9.69 Å². The van der Waals surface area contributed by atoms with E-state index in [2.05, 4.69) is 52.5 Å². The molecule has 0 unspecified atom stereocenters. The lowest BCUT2D eigenvalue weighted by Gasteiger charge is -2.40. The maximum atomic E-state index is 12.8. The fraction of sp³-hybridized carbons (Fsp3) is 0.458. The molecule has 1 amide bonds. The van der Waals surface area contributed by atoms with Gasteiger partial charge in [0, 0.05) is 38.8 Å². The number of rotatable bonds is 9. The Morgan fingerprint density at radius 2 is 1.74 bits per heavy atom. The number of carbonyl (C=O) groups excluding carboxylic acids is 1. The maximum Gasteiger partial charge on any atom is 0.255 e. The number of carbonyl (C=O) groups is 1. The highest BCUT2D eigenvalue weighted by atomic mass is 16.5. The first-order valence-corrected chi connectivity index (χ1v) is 10.6. The standard InChI is InChI=1S/C24H33N3O4/c1-26-15-16-27(20(17-26)18-9-6-5-7-10-18)14-8-13-25-24(28)19-11-12-21(29-2)23(31-4)22(19)30-3/h5-7,9-12,20H,8,13-17H2,1-4H3,(H,25,28)/t20-/m0/s1. The average Bonchev–Trinajstić information content (AvgIpc) is 2.81. The molecule has 7 heteroatoms. The molecule has 2 aromatic carbocycles. The number of benzene rings is 2. The van der Waals surface area contributed by atoms with Gasteiger partial charge < -0.3 is 24.4 Å². The predicted octanol–water partition coefficient (Wildman–Crippen LogP) is 2.82. The van der Waals surface area contributed by atoms with E-state index in [0.29, 0.717) is 35.4 Å². The van der Waals surface area contributed by atoms with Gasteiger partial charge in [0.15, 0.2) is 11.5 Å². The van der Waals surface area contributed by atoms with Crippen LogP contribution < -0.4 is 19.5 Å². The Labute approximate surface area is 184 Å². The minimum atomic E-state index is -0.184. The Balaban J connectivity index is 1.58. The molecule has 0 bridgehead atoms. The lowest BCUT2D eigenvalue weighted by atomic mass is 10.0. The van der Waals surface area contributed by atoms with Crippen LogP contribution in [0.25, 0.3) is 0 Å². The summed E-state index contributed by atoms with van der Waals surface area (Å²) in [7, 11) is 6.77. The van der Waals surface area contributed by atoms with E-state index in [-0.39, 0.29) is 5.91 Å². The normalized spacial score (nSPS) is 17.2. The first-order chi connectivity index (χ1) is 15.1. The molecule has 1 aliphatic rings. The summed E-state index contributed by atoms with van der Waals surface area (Å²) in [5.41, 5.74) is 1.77. The Kier molecular flexibility index (Phi) is 8.14. The summed E-state index contributed by atoms with van der Waals surface area (Å²) in [4.78, 5) is 17.7. The van der Waals surface area contributed by atoms with Crippen LogP contribution in [0, 0.1) is 0 Å². The van der Waals surface area contributed by atoms with E-state index in [4.69, 9.17) is 14.2 Å². The summed E-state index contributed by atoms with van der Waals surface area (Å²) in [6.45, 7) is 4.60. The van der Waals surface area contributed by atoms with Gasteiger partial charge in [0.05, 0.1) is 26.9 Å². The highest BCUT2D eigenvalue weighted by Gasteiger charge is 2.26. The van der Waals surface area contributed by atoms with Crippen LogP contribution in [0.5, 0.6) is 17.2 Å². The molecule has 7 nitrogen and oxygen atoms in total. The predicted molar refractivity (Wildman–Crippen MR) is 121 cm³/mol. The molecule has 1 heterocycles. The Hall–Kier alpha value is -2.77. The van der Waals surface area contributed by atoms with Gasteiger partial charge in [-0.25, -0.2) is 0 Å². The van der Waals surface area contributed by atoms with Crippen LogP contribution in [0.2, 0.25) is 0 Å². The second-order valence-electron chi connectivity index (χ2n) is 7.72. The topological polar surface area (TPSA) is 63.3 Å². The lowest BCUT2D eigenvalue weighted by Crippen LogP contribution is -2.47. The minimum Gasteiger partial charge on any atom is -0.493 e. The van der Waals surface area contributed by atoms with E-state index in [0.717, 1.165) is 32.6 Å². The van der Waals surface area contributed by atoms with E-state index in [1.807, 2.05) is 0 Å². The SMILES string of the molecule is COc1ccc(C(=O)NCCCN2CCN(C)C[C@H]2c2ccccc2)c(OC)c1OC. The molecular weight excluding hydrogens is 394 g/mol. The summed E-state index contributed by atoms with van der Waals surface area (Å²) in [5, 5.41) is 3.01. The third kappa shape index (κ3) is 5.48. The summed E-state index contributed by atoms with van der Waals surface area (Å²) < 4.78 is 16.1. The largest absolute Gasteiger partial charge is 0.493 e. The number of ether oxygens (including phenoxy) is 3. The fourth-order valence-electron chi connectivity index (χ4n) is 4.08. The van der Waals surface area contributed by atoms with Crippen molar-refractivity contribution >= 4 is 5.91 Å². The molecule has 0 saturated carbocycles. The molecular formula is C24H33N3O4. The van der Waals surface area contributed by atoms with Gasteiger partial charge >= 0.3 is 0 Å². The van der Waals surface area contributed by atoms with E-state index < -0.39 is 0 Å². The Morgan fingerprint density at radius 1 is 1.00 bits per heavy atom. The zero-order valence-electron chi connectivity index (χ0n) is 18.9. The zero-order chi connectivity index (χ0) is 22.2. The Morgan fingerprint density at radius 3 is 2.42 bits per heavy atom. The fourth-order valence-corrected chi connectivity index (χ4v) is 4.08. The van der Waals surface area contributed by atoms with Gasteiger partial charge in [-0.2, -0.15) is 0 Å². The van der Waals surface area contributed by atoms with Crippen LogP contribution in [0.3, 0.4) is 0 Å². The van der Waals surface area contributed by atoms with Gasteiger partial charge in [0.2, 0.25) is 5.75 Å². The first-order valence-electron chi connectivity index (χ1n) is 10.6. The highest BCUT2D eigenvalue weighted by molar-refractivity contribution is 5.98. The van der Waals surface area contributed by atoms with Gasteiger partial charge in [-0.05, 0) is 31.2 Å². The van der Waals surface area contributed by atoms with Crippen LogP contribution in [0.4, 0.5) is 0 Å². The van der Waals surface area contributed by atoms with Gasteiger partial charge in [0.25, 0.3) is 5.91 Å². The van der Waals surface area contributed by atoms with E-state index >= 15 is 0 Å². The van der Waals surface area contributed by atoms with Crippen LogP contribution in [0.15, 0.2) is 42.5 Å². The molecule has 3 rings (SSSR count). The molecule has 1 fully saturated rings. The van der Waals surface area contributed by atoms with Crippen molar-refractivity contribution in [1.82, 2.24) is 15.1 Å². The molecule has 0 aliphatic carbocycles. The molecule has 1 aliphatic heterocycles. The number of piperazine rings is 1. The molecule has 168 valence electrons. The maximum absolute atomic E-state index is 12.8. The third-order valence-electron chi connectivity index (χ3n) is 5.74. The van der Waals surface area contributed by atoms with Crippen molar-refractivity contribution in [2.45, 2.75) is 12.5 Å². The van der Waals surface area contributed by atoms with Crippen molar-refractivity contribution in [2.75, 3.05) is 61.1 Å². The van der Waals surface area contributed by atoms with Crippen LogP contribution in [0.1, 0.15) is 28.4 Å². The van der Waals surface area contributed by atoms with Gasteiger partial charge in [-0.1, -0.05) is 30.3 Å². The lowest BCUT2D eigenvalue weighted by molar-refractivity contribution is 0.0865. The number of nitrogens with zero attached hydrogens (tertiary/aromatic N) is 2. The number of methoxy groups -OCH3 is 3. The second-order valence-corrected chi connectivity index (χ2v) is 7.72. The molecule has 0 aromatic heterocycles. The molecule has 0 spiro atoms. The second kappa shape index (κ2) is 11.0. The summed E-state index contributed by atoms with van der Waals surface area (Å²) in [6, 6.07) is 14.4. The van der Waals surface area contributed by atoms with Gasteiger partial charge in [-0.15, -0.1) is 0 Å². The van der Waals surface area contributed by atoms with E-state index in [1.165, 1.54) is 19.8 Å². The van der Waals surface area contributed by atoms with Gasteiger partial charge in [0.1, 0.15) is 0 Å². The molecule has 1 atom stereocenters. The zero-order valence-corrected chi connectivity index (χ0v) is 18.9. The molecule has 1 saturated heterocycles. The minimum absolute atomic E-state index is 0.184. The van der Waals surface area contributed by atoms with Crippen LogP contribution >= 0.6 is 0 Å². The number of likely N-dealkylation sites (N-methyl/N-ethyl adjacent to an activating group) is 1. The number of hydrogen-bond donors (Lipinski definition) is 1. The first kappa shape index (κ1) is 22.9. The summed E-state index contributed by atoms with van der Waals surface area (Å²) in [6.07, 6.45) is 0.869. The van der Waals surface area contributed by atoms with Crippen LogP contribution in [-0.4, -0.2) is 76.8 Å². The van der Waals surface area contributed by atoms with Crippen molar-refractivity contribution in [2.24, 2.45) is 0 Å². The van der Waals surface area contributed by atoms with Crippen molar-refractivity contribution in [3.8, 4) is 17.2 Å². The summed E-state index contributed by atoms with van der Waals surface area (Å²) >= 11 is 0. The Bertz CT molecular complexity index is 859. The van der Waals surface area contributed by atoms with Crippen molar-refractivity contribution in [3.05, 3.63) is 53.6 Å². The van der Waals surface area contributed by atoms with E-state index in [1.54, 1.807) is 19.2 Å². The quantitative estimate of drug-likeness (QED) is 0.621. The van der Waals surface area contributed by atoms with E-state index in [9.17, 15) is 4.79 Å². The van der Waals surface area contributed by atoms with Crippen molar-refractivity contribution in [3.63, 3.8) is 0 Å². The van der Waals surface area contributed by atoms with Crippen LogP contribution in [-0.2, 0) is 0 Å². The third-order valence-corrected chi connectivity index (χ3v) is 5.74.